The fraction of sp³-hybridized carbons (Fsp3) is 0.308. The Bertz CT molecular complexity index is 1260. The molecule has 3 aromatic rings. The smallest absolute Gasteiger partial charge is 0.172 e. The maximum atomic E-state index is 13.8. The van der Waals surface area contributed by atoms with Crippen LogP contribution in [-0.4, -0.2) is 40.0 Å². The molecule has 2 aliphatic rings. The summed E-state index contributed by atoms with van der Waals surface area (Å²) >= 11 is 0. The minimum atomic E-state index is -0.622. The first-order chi connectivity index (χ1) is 16.4. The zero-order chi connectivity index (χ0) is 23.8. The number of oxime groups is 1. The van der Waals surface area contributed by atoms with E-state index in [2.05, 4.69) is 21.1 Å². The number of ether oxygens (including phenoxy) is 1. The van der Waals surface area contributed by atoms with E-state index in [1.54, 1.807) is 13.4 Å². The number of nitrogens with zero attached hydrogens (tertiary/aromatic N) is 4. The molecule has 0 saturated carbocycles. The van der Waals surface area contributed by atoms with Gasteiger partial charge in [-0.25, -0.2) is 13.8 Å². The molecule has 0 spiro atoms. The van der Waals surface area contributed by atoms with Crippen molar-refractivity contribution in [2.24, 2.45) is 5.16 Å². The van der Waals surface area contributed by atoms with E-state index in [0.29, 0.717) is 5.56 Å². The molecular formula is C26H26F2N4O2. The highest BCUT2D eigenvalue weighted by molar-refractivity contribution is 6.03. The van der Waals surface area contributed by atoms with Gasteiger partial charge in [0.05, 0.1) is 30.9 Å². The molecule has 5 rings (SSSR count). The highest BCUT2D eigenvalue weighted by Gasteiger charge is 2.37. The molecule has 1 fully saturated rings. The number of fused-ring (bicyclic) bond motifs is 1. The number of aryl methyl sites for hydroxylation is 1. The lowest BCUT2D eigenvalue weighted by molar-refractivity contribution is -0.0158. The van der Waals surface area contributed by atoms with E-state index in [4.69, 9.17) is 9.57 Å². The second-order valence-electron chi connectivity index (χ2n) is 8.70. The second kappa shape index (κ2) is 8.93. The molecule has 1 aromatic heterocycles. The molecule has 0 radical (unpaired) electrons. The summed E-state index contributed by atoms with van der Waals surface area (Å²) in [7, 11) is 1.65. The number of methoxy groups -OCH3 is 1. The maximum Gasteiger partial charge on any atom is 0.172 e. The van der Waals surface area contributed by atoms with Crippen LogP contribution in [0.1, 0.15) is 42.7 Å². The number of piperidine rings is 1. The van der Waals surface area contributed by atoms with E-state index in [-0.39, 0.29) is 6.04 Å². The fourth-order valence-electron chi connectivity index (χ4n) is 4.67. The number of amidine groups is 1. The van der Waals surface area contributed by atoms with Gasteiger partial charge >= 0.3 is 0 Å². The molecule has 3 heterocycles. The van der Waals surface area contributed by atoms with Crippen molar-refractivity contribution in [3.8, 4) is 11.4 Å². The van der Waals surface area contributed by atoms with Crippen LogP contribution < -0.4 is 4.74 Å². The first-order valence-corrected chi connectivity index (χ1v) is 11.3. The van der Waals surface area contributed by atoms with Gasteiger partial charge in [0, 0.05) is 24.4 Å². The molecule has 176 valence electrons. The molecule has 0 bridgehead atoms. The summed E-state index contributed by atoms with van der Waals surface area (Å²) in [6, 6.07) is 9.37. The summed E-state index contributed by atoms with van der Waals surface area (Å²) in [4.78, 5) is 12.2. The number of halogens is 2. The summed E-state index contributed by atoms with van der Waals surface area (Å²) < 4.78 is 35.1. The number of hydrogen-bond acceptors (Lipinski definition) is 5. The summed E-state index contributed by atoms with van der Waals surface area (Å²) in [6.07, 6.45) is 7.06. The van der Waals surface area contributed by atoms with E-state index in [1.807, 2.05) is 42.8 Å². The predicted molar refractivity (Wildman–Crippen MR) is 126 cm³/mol. The summed E-state index contributed by atoms with van der Waals surface area (Å²) in [5.74, 6) is 0.258. The molecule has 0 aliphatic carbocycles. The Kier molecular flexibility index (Phi) is 5.81. The minimum absolute atomic E-state index is 0.126. The van der Waals surface area contributed by atoms with Gasteiger partial charge in [0.2, 0.25) is 0 Å². The molecule has 0 unspecified atom stereocenters. The molecule has 6 nitrogen and oxygen atoms in total. The average Bonchev–Trinajstić information content (AvgIpc) is 3.25. The Morgan fingerprint density at radius 1 is 1.15 bits per heavy atom. The molecule has 0 amide bonds. The van der Waals surface area contributed by atoms with Crippen molar-refractivity contribution in [3.63, 3.8) is 0 Å². The minimum Gasteiger partial charge on any atom is -0.495 e. The summed E-state index contributed by atoms with van der Waals surface area (Å²) in [5.41, 5.74) is 4.32. The molecule has 2 atom stereocenters. The largest absolute Gasteiger partial charge is 0.495 e. The van der Waals surface area contributed by atoms with E-state index in [9.17, 15) is 8.78 Å². The van der Waals surface area contributed by atoms with Crippen LogP contribution in [0.15, 0.2) is 59.7 Å². The molecule has 0 N–H and O–H groups in total. The molecule has 2 aromatic carbocycles. The Morgan fingerprint density at radius 2 is 1.94 bits per heavy atom. The third-order valence-corrected chi connectivity index (χ3v) is 6.33. The highest BCUT2D eigenvalue weighted by atomic mass is 19.1. The quantitative estimate of drug-likeness (QED) is 0.517. The van der Waals surface area contributed by atoms with Crippen molar-refractivity contribution < 1.29 is 18.4 Å². The Balaban J connectivity index is 1.45. The molecule has 2 aliphatic heterocycles. The van der Waals surface area contributed by atoms with Gasteiger partial charge in [-0.2, -0.15) is 0 Å². The van der Waals surface area contributed by atoms with Gasteiger partial charge < -0.3 is 19.0 Å². The van der Waals surface area contributed by atoms with E-state index in [0.717, 1.165) is 59.6 Å². The third kappa shape index (κ3) is 4.16. The Hall–Kier alpha value is -3.68. The van der Waals surface area contributed by atoms with Crippen LogP contribution in [-0.2, 0) is 4.84 Å². The number of imidazole rings is 1. The van der Waals surface area contributed by atoms with Crippen molar-refractivity contribution >= 4 is 11.9 Å². The van der Waals surface area contributed by atoms with Crippen molar-refractivity contribution in [1.29, 1.82) is 0 Å². The van der Waals surface area contributed by atoms with Crippen LogP contribution in [0, 0.1) is 18.6 Å². The van der Waals surface area contributed by atoms with Crippen molar-refractivity contribution in [2.45, 2.75) is 38.8 Å². The van der Waals surface area contributed by atoms with Crippen molar-refractivity contribution in [1.82, 2.24) is 14.5 Å². The first-order valence-electron chi connectivity index (χ1n) is 11.3. The predicted octanol–water partition coefficient (Wildman–Crippen LogP) is 5.42. The lowest BCUT2D eigenvalue weighted by Gasteiger charge is -2.42. The van der Waals surface area contributed by atoms with Crippen LogP contribution in [0.4, 0.5) is 8.78 Å². The lowest BCUT2D eigenvalue weighted by atomic mass is 9.95. The number of benzene rings is 2. The van der Waals surface area contributed by atoms with E-state index >= 15 is 0 Å². The number of aromatic nitrogens is 2. The molecular weight excluding hydrogens is 438 g/mol. The van der Waals surface area contributed by atoms with Crippen LogP contribution in [0.5, 0.6) is 5.75 Å². The third-order valence-electron chi connectivity index (χ3n) is 6.33. The molecule has 8 heteroatoms. The first kappa shape index (κ1) is 22.1. The van der Waals surface area contributed by atoms with E-state index in [1.165, 1.54) is 12.1 Å². The van der Waals surface area contributed by atoms with Gasteiger partial charge in [0.1, 0.15) is 17.4 Å². The van der Waals surface area contributed by atoms with Crippen LogP contribution in [0.25, 0.3) is 11.8 Å². The second-order valence-corrected chi connectivity index (χ2v) is 8.70. The van der Waals surface area contributed by atoms with Crippen molar-refractivity contribution in [2.75, 3.05) is 13.7 Å². The summed E-state index contributed by atoms with van der Waals surface area (Å²) in [6.45, 7) is 4.74. The number of hydrogen-bond donors (Lipinski definition) is 0. The van der Waals surface area contributed by atoms with Gasteiger partial charge in [0.25, 0.3) is 0 Å². The highest BCUT2D eigenvalue weighted by Crippen LogP contribution is 2.35. The Morgan fingerprint density at radius 3 is 2.65 bits per heavy atom. The van der Waals surface area contributed by atoms with Gasteiger partial charge in [-0.1, -0.05) is 11.2 Å². The van der Waals surface area contributed by atoms with Gasteiger partial charge in [-0.05, 0) is 68.2 Å². The molecule has 1 saturated heterocycles. The van der Waals surface area contributed by atoms with Crippen molar-refractivity contribution in [3.05, 3.63) is 83.0 Å². The Labute approximate surface area is 197 Å². The average molecular weight is 465 g/mol. The van der Waals surface area contributed by atoms with Gasteiger partial charge in [-0.3, -0.25) is 0 Å². The zero-order valence-corrected chi connectivity index (χ0v) is 19.3. The normalized spacial score (nSPS) is 21.1. The molecule has 34 heavy (non-hydrogen) atoms. The standard InChI is InChI=1S/C26H26F2N4O2/c1-16-14-31(15-29-16)23-7-6-18(10-24(23)33-3)9-19-5-4-8-32-17(2)25(34-30-26(19)32)20-11-21(27)13-22(28)12-20/h6-7,9-15,17,25H,4-5,8H2,1-3H3/t17-,25+/m0/s1. The van der Waals surface area contributed by atoms with E-state index < -0.39 is 17.7 Å². The SMILES string of the molecule is COc1cc(C=C2CCCN3C2=NO[C@@H](c2cc(F)cc(F)c2)[C@@H]3C)ccc1-n1cnc(C)c1. The van der Waals surface area contributed by atoms with Crippen LogP contribution >= 0.6 is 0 Å². The fourth-order valence-corrected chi connectivity index (χ4v) is 4.67. The maximum absolute atomic E-state index is 13.8. The monoisotopic (exact) mass is 464 g/mol. The number of rotatable bonds is 4. The van der Waals surface area contributed by atoms with Crippen LogP contribution in [0.3, 0.4) is 0 Å². The zero-order valence-electron chi connectivity index (χ0n) is 19.3. The van der Waals surface area contributed by atoms with Gasteiger partial charge in [0.15, 0.2) is 11.9 Å². The summed E-state index contributed by atoms with van der Waals surface area (Å²) in [5, 5.41) is 4.39. The lowest BCUT2D eigenvalue weighted by Crippen LogP contribution is -2.49. The topological polar surface area (TPSA) is 51.9 Å². The van der Waals surface area contributed by atoms with Gasteiger partial charge in [-0.15, -0.1) is 0 Å². The van der Waals surface area contributed by atoms with Crippen LogP contribution in [0.2, 0.25) is 0 Å².